The molecule has 6 nitrogen and oxygen atoms in total. The van der Waals surface area contributed by atoms with Crippen LogP contribution >= 0.6 is 0 Å². The van der Waals surface area contributed by atoms with Gasteiger partial charge in [0.2, 0.25) is 0 Å². The number of carbonyl (C=O) groups is 3. The van der Waals surface area contributed by atoms with Crippen LogP contribution in [-0.2, 0) is 16.1 Å². The van der Waals surface area contributed by atoms with Crippen molar-refractivity contribution in [3.8, 4) is 0 Å². The van der Waals surface area contributed by atoms with E-state index < -0.39 is 5.97 Å². The van der Waals surface area contributed by atoms with E-state index in [0.29, 0.717) is 23.5 Å². The van der Waals surface area contributed by atoms with E-state index in [1.807, 2.05) is 0 Å². The van der Waals surface area contributed by atoms with Gasteiger partial charge in [-0.1, -0.05) is 12.1 Å². The Morgan fingerprint density at radius 1 is 1.12 bits per heavy atom. The Bertz CT molecular complexity index is 773. The third-order valence-corrected chi connectivity index (χ3v) is 3.28. The van der Waals surface area contributed by atoms with Crippen LogP contribution in [0.25, 0.3) is 6.08 Å². The summed E-state index contributed by atoms with van der Waals surface area (Å²) < 4.78 is 4.63. The van der Waals surface area contributed by atoms with Gasteiger partial charge in [-0.25, -0.2) is 4.79 Å². The van der Waals surface area contributed by atoms with Crippen LogP contribution in [0.15, 0.2) is 42.5 Å². The second-order valence-corrected chi connectivity index (χ2v) is 5.14. The minimum Gasteiger partial charge on any atom is -0.465 e. The van der Waals surface area contributed by atoms with Crippen LogP contribution in [-0.4, -0.2) is 29.8 Å². The van der Waals surface area contributed by atoms with Crippen molar-refractivity contribution in [2.45, 2.75) is 13.5 Å². The summed E-state index contributed by atoms with van der Waals surface area (Å²) in [6.45, 7) is 1.79. The summed E-state index contributed by atoms with van der Waals surface area (Å²) in [7, 11) is 1.33. The molecule has 1 aromatic heterocycles. The molecule has 24 heavy (non-hydrogen) atoms. The number of methoxy groups -OCH3 is 1. The van der Waals surface area contributed by atoms with Crippen molar-refractivity contribution in [2.24, 2.45) is 0 Å². The second kappa shape index (κ2) is 7.92. The largest absolute Gasteiger partial charge is 0.465 e. The fourth-order valence-corrected chi connectivity index (χ4v) is 2.00. The maximum Gasteiger partial charge on any atom is 0.337 e. The molecular weight excluding hydrogens is 308 g/mol. The monoisotopic (exact) mass is 326 g/mol. The molecular formula is C18H18N2O4. The molecule has 0 atom stereocenters. The van der Waals surface area contributed by atoms with Gasteiger partial charge in [-0.05, 0) is 48.9 Å². The smallest absolute Gasteiger partial charge is 0.337 e. The van der Waals surface area contributed by atoms with E-state index in [0.717, 1.165) is 5.56 Å². The van der Waals surface area contributed by atoms with Crippen molar-refractivity contribution in [1.29, 1.82) is 0 Å². The molecule has 0 spiro atoms. The number of H-pyrrole nitrogens is 1. The van der Waals surface area contributed by atoms with Crippen molar-refractivity contribution in [3.63, 3.8) is 0 Å². The molecule has 1 heterocycles. The molecule has 0 fully saturated rings. The van der Waals surface area contributed by atoms with Gasteiger partial charge in [0, 0.05) is 12.2 Å². The number of benzene rings is 1. The Morgan fingerprint density at radius 2 is 1.83 bits per heavy atom. The highest BCUT2D eigenvalue weighted by atomic mass is 16.5. The van der Waals surface area contributed by atoms with Gasteiger partial charge in [-0.3, -0.25) is 9.59 Å². The topological polar surface area (TPSA) is 88.3 Å². The van der Waals surface area contributed by atoms with Gasteiger partial charge in [0.05, 0.1) is 12.7 Å². The zero-order valence-corrected chi connectivity index (χ0v) is 13.5. The van der Waals surface area contributed by atoms with Gasteiger partial charge in [0.25, 0.3) is 5.91 Å². The number of aromatic nitrogens is 1. The molecule has 0 radical (unpaired) electrons. The van der Waals surface area contributed by atoms with Crippen molar-refractivity contribution < 1.29 is 19.1 Å². The highest BCUT2D eigenvalue weighted by Crippen LogP contribution is 2.07. The Hall–Kier alpha value is -3.15. The molecule has 0 saturated carbocycles. The highest BCUT2D eigenvalue weighted by Gasteiger charge is 2.08. The standard InChI is InChI=1S/C18H18N2O4/c1-12(21)3-8-15-9-10-16(20-15)17(22)19-11-13-4-6-14(7-5-13)18(23)24-2/h3-10,20H,11H2,1-2H3,(H,19,22)/b8-3+. The third kappa shape index (κ3) is 4.67. The summed E-state index contributed by atoms with van der Waals surface area (Å²) >= 11 is 0. The van der Waals surface area contributed by atoms with Gasteiger partial charge in [-0.15, -0.1) is 0 Å². The van der Waals surface area contributed by atoms with E-state index >= 15 is 0 Å². The number of esters is 1. The number of ketones is 1. The van der Waals surface area contributed by atoms with Gasteiger partial charge in [0.1, 0.15) is 5.69 Å². The van der Waals surface area contributed by atoms with Gasteiger partial charge in [-0.2, -0.15) is 0 Å². The number of hydrogen-bond acceptors (Lipinski definition) is 4. The fraction of sp³-hybridized carbons (Fsp3) is 0.167. The van der Waals surface area contributed by atoms with Crippen molar-refractivity contribution in [2.75, 3.05) is 7.11 Å². The van der Waals surface area contributed by atoms with Crippen LogP contribution < -0.4 is 5.32 Å². The van der Waals surface area contributed by atoms with Crippen LogP contribution in [0.3, 0.4) is 0 Å². The van der Waals surface area contributed by atoms with E-state index in [-0.39, 0.29) is 11.7 Å². The molecule has 2 aromatic rings. The first-order valence-corrected chi connectivity index (χ1v) is 7.32. The number of nitrogens with one attached hydrogen (secondary N) is 2. The number of carbonyl (C=O) groups excluding carboxylic acids is 3. The summed E-state index contributed by atoms with van der Waals surface area (Å²) in [6, 6.07) is 10.2. The quantitative estimate of drug-likeness (QED) is 0.630. The van der Waals surface area contributed by atoms with Crippen LogP contribution in [0.1, 0.15) is 39.0 Å². The van der Waals surface area contributed by atoms with Crippen LogP contribution in [0, 0.1) is 0 Å². The number of allylic oxidation sites excluding steroid dienone is 1. The van der Waals surface area contributed by atoms with Crippen LogP contribution in [0.4, 0.5) is 0 Å². The molecule has 0 aliphatic carbocycles. The number of amides is 1. The average Bonchev–Trinajstić information content (AvgIpc) is 3.06. The molecule has 6 heteroatoms. The Kier molecular flexibility index (Phi) is 5.68. The molecule has 2 rings (SSSR count). The summed E-state index contributed by atoms with van der Waals surface area (Å²) in [5.74, 6) is -0.719. The minimum absolute atomic E-state index is 0.0639. The zero-order chi connectivity index (χ0) is 17.5. The average molecular weight is 326 g/mol. The molecule has 1 amide bonds. The SMILES string of the molecule is COC(=O)c1ccc(CNC(=O)c2ccc(/C=C/C(C)=O)[nH]2)cc1. The molecule has 2 N–H and O–H groups in total. The van der Waals surface area contributed by atoms with E-state index in [1.54, 1.807) is 42.5 Å². The van der Waals surface area contributed by atoms with Gasteiger partial charge in [0.15, 0.2) is 5.78 Å². The molecule has 0 aliphatic heterocycles. The second-order valence-electron chi connectivity index (χ2n) is 5.14. The molecule has 0 unspecified atom stereocenters. The molecule has 0 saturated heterocycles. The lowest BCUT2D eigenvalue weighted by atomic mass is 10.1. The molecule has 0 aliphatic rings. The molecule has 1 aromatic carbocycles. The highest BCUT2D eigenvalue weighted by molar-refractivity contribution is 5.94. The maximum atomic E-state index is 12.1. The first kappa shape index (κ1) is 17.2. The zero-order valence-electron chi connectivity index (χ0n) is 13.5. The first-order valence-electron chi connectivity index (χ1n) is 7.32. The summed E-state index contributed by atoms with van der Waals surface area (Å²) in [5, 5.41) is 2.78. The Balaban J connectivity index is 1.93. The lowest BCUT2D eigenvalue weighted by Gasteiger charge is -2.05. The van der Waals surface area contributed by atoms with Crippen LogP contribution in [0.5, 0.6) is 0 Å². The van der Waals surface area contributed by atoms with Crippen molar-refractivity contribution in [1.82, 2.24) is 10.3 Å². The normalized spacial score (nSPS) is 10.6. The first-order chi connectivity index (χ1) is 11.5. The summed E-state index contributed by atoms with van der Waals surface area (Å²) in [6.07, 6.45) is 3.04. The lowest BCUT2D eigenvalue weighted by Crippen LogP contribution is -2.23. The van der Waals surface area contributed by atoms with E-state index in [9.17, 15) is 14.4 Å². The predicted octanol–water partition coefficient (Wildman–Crippen LogP) is 2.33. The van der Waals surface area contributed by atoms with Crippen molar-refractivity contribution in [3.05, 3.63) is 65.0 Å². The van der Waals surface area contributed by atoms with Crippen LogP contribution in [0.2, 0.25) is 0 Å². The van der Waals surface area contributed by atoms with Gasteiger partial charge >= 0.3 is 5.97 Å². The molecule has 124 valence electrons. The number of ether oxygens (including phenoxy) is 1. The Morgan fingerprint density at radius 3 is 2.46 bits per heavy atom. The minimum atomic E-state index is -0.400. The van der Waals surface area contributed by atoms with E-state index in [1.165, 1.54) is 20.1 Å². The predicted molar refractivity (Wildman–Crippen MR) is 89.5 cm³/mol. The third-order valence-electron chi connectivity index (χ3n) is 3.28. The number of aromatic amines is 1. The van der Waals surface area contributed by atoms with Crippen molar-refractivity contribution >= 4 is 23.7 Å². The number of hydrogen-bond donors (Lipinski definition) is 2. The maximum absolute atomic E-state index is 12.1. The van der Waals surface area contributed by atoms with E-state index in [2.05, 4.69) is 15.0 Å². The summed E-state index contributed by atoms with van der Waals surface area (Å²) in [5.41, 5.74) is 2.40. The van der Waals surface area contributed by atoms with Gasteiger partial charge < -0.3 is 15.0 Å². The molecule has 0 bridgehead atoms. The summed E-state index contributed by atoms with van der Waals surface area (Å²) in [4.78, 5) is 37.3. The number of rotatable bonds is 6. The van der Waals surface area contributed by atoms with E-state index in [4.69, 9.17) is 0 Å². The fourth-order valence-electron chi connectivity index (χ4n) is 2.00. The Labute approximate surface area is 139 Å². The lowest BCUT2D eigenvalue weighted by molar-refractivity contribution is -0.112.